The summed E-state index contributed by atoms with van der Waals surface area (Å²) >= 11 is 5.94. The average Bonchev–Trinajstić information content (AvgIpc) is 3.31. The van der Waals surface area contributed by atoms with E-state index in [-0.39, 0.29) is 17.3 Å². The van der Waals surface area contributed by atoms with Gasteiger partial charge in [0.2, 0.25) is 5.95 Å². The Labute approximate surface area is 173 Å². The summed E-state index contributed by atoms with van der Waals surface area (Å²) < 4.78 is 28.9. The van der Waals surface area contributed by atoms with Gasteiger partial charge in [0.25, 0.3) is 5.91 Å². The van der Waals surface area contributed by atoms with Gasteiger partial charge in [0.05, 0.1) is 11.0 Å². The van der Waals surface area contributed by atoms with Crippen molar-refractivity contribution in [2.24, 2.45) is 0 Å². The van der Waals surface area contributed by atoms with Crippen molar-refractivity contribution in [1.29, 1.82) is 0 Å². The van der Waals surface area contributed by atoms with Crippen LogP contribution >= 0.6 is 11.6 Å². The van der Waals surface area contributed by atoms with Gasteiger partial charge >= 0.3 is 0 Å². The van der Waals surface area contributed by atoms with Gasteiger partial charge in [-0.3, -0.25) is 10.1 Å². The first-order chi connectivity index (χ1) is 14.5. The van der Waals surface area contributed by atoms with Crippen LogP contribution in [0.5, 0.6) is 0 Å². The van der Waals surface area contributed by atoms with Gasteiger partial charge in [-0.05, 0) is 53.6 Å². The average molecular weight is 424 g/mol. The minimum absolute atomic E-state index is 0.0515. The normalized spacial score (nSPS) is 11.3. The van der Waals surface area contributed by atoms with Crippen LogP contribution in [0.2, 0.25) is 5.02 Å². The van der Waals surface area contributed by atoms with Gasteiger partial charge in [-0.15, -0.1) is 0 Å². The summed E-state index contributed by atoms with van der Waals surface area (Å²) in [4.78, 5) is 23.9. The van der Waals surface area contributed by atoms with Crippen LogP contribution in [0.3, 0.4) is 0 Å². The number of imidazole rings is 2. The Balaban J connectivity index is 1.44. The zero-order valence-corrected chi connectivity index (χ0v) is 15.9. The molecule has 0 aliphatic carbocycles. The van der Waals surface area contributed by atoms with Crippen molar-refractivity contribution < 1.29 is 13.6 Å². The van der Waals surface area contributed by atoms with Gasteiger partial charge in [-0.1, -0.05) is 17.7 Å². The van der Waals surface area contributed by atoms with E-state index in [2.05, 4.69) is 20.3 Å². The summed E-state index contributed by atoms with van der Waals surface area (Å²) in [7, 11) is 0. The third kappa shape index (κ3) is 3.27. The highest BCUT2D eigenvalue weighted by Crippen LogP contribution is 2.27. The number of carbonyl (C=O) groups excluding carboxylic acids is 1. The molecule has 3 heterocycles. The first-order valence-corrected chi connectivity index (χ1v) is 9.25. The predicted octanol–water partition coefficient (Wildman–Crippen LogP) is 5.06. The molecule has 1 amide bonds. The molecule has 9 heteroatoms. The number of amides is 1. The maximum atomic E-state index is 13.8. The minimum atomic E-state index is -0.533. The molecular formula is C21H12ClF2N5O. The number of benzene rings is 2. The predicted molar refractivity (Wildman–Crippen MR) is 110 cm³/mol. The first-order valence-electron chi connectivity index (χ1n) is 8.87. The van der Waals surface area contributed by atoms with Crippen molar-refractivity contribution in [2.45, 2.75) is 0 Å². The number of halogens is 3. The number of pyridine rings is 1. The summed E-state index contributed by atoms with van der Waals surface area (Å²) in [6.45, 7) is 0. The Morgan fingerprint density at radius 3 is 2.73 bits per heavy atom. The number of hydrogen-bond donors (Lipinski definition) is 2. The summed E-state index contributed by atoms with van der Waals surface area (Å²) in [5.74, 6) is -1.28. The van der Waals surface area contributed by atoms with Crippen LogP contribution in [0, 0.1) is 11.6 Å². The molecule has 0 atom stereocenters. The monoisotopic (exact) mass is 423 g/mol. The maximum Gasteiger partial charge on any atom is 0.278 e. The fourth-order valence-corrected chi connectivity index (χ4v) is 3.45. The molecule has 0 saturated heterocycles. The smallest absolute Gasteiger partial charge is 0.278 e. The number of nitrogens with zero attached hydrogens (tertiary/aromatic N) is 3. The molecule has 2 N–H and O–H groups in total. The summed E-state index contributed by atoms with van der Waals surface area (Å²) in [6.07, 6.45) is 3.03. The molecule has 0 bridgehead atoms. The number of anilines is 1. The van der Waals surface area contributed by atoms with E-state index in [1.807, 2.05) is 0 Å². The van der Waals surface area contributed by atoms with E-state index in [1.165, 1.54) is 34.9 Å². The lowest BCUT2D eigenvalue weighted by Gasteiger charge is -2.03. The zero-order valence-electron chi connectivity index (χ0n) is 15.2. The van der Waals surface area contributed by atoms with E-state index in [1.54, 1.807) is 30.5 Å². The molecule has 3 aromatic heterocycles. The summed E-state index contributed by atoms with van der Waals surface area (Å²) in [6, 6.07) is 12.4. The summed E-state index contributed by atoms with van der Waals surface area (Å²) in [5.41, 5.74) is 2.72. The van der Waals surface area contributed by atoms with Crippen LogP contribution in [0.15, 0.2) is 60.9 Å². The van der Waals surface area contributed by atoms with Crippen LogP contribution in [0.4, 0.5) is 14.7 Å². The van der Waals surface area contributed by atoms with Gasteiger partial charge in [0.1, 0.15) is 11.5 Å². The molecule has 30 heavy (non-hydrogen) atoms. The Kier molecular flexibility index (Phi) is 4.22. The molecule has 5 rings (SSSR count). The number of H-pyrrole nitrogens is 1. The van der Waals surface area contributed by atoms with Crippen LogP contribution in [0.1, 0.15) is 10.5 Å². The highest BCUT2D eigenvalue weighted by atomic mass is 35.5. The van der Waals surface area contributed by atoms with Crippen LogP contribution < -0.4 is 5.32 Å². The van der Waals surface area contributed by atoms with E-state index in [0.29, 0.717) is 21.6 Å². The maximum absolute atomic E-state index is 13.8. The number of hydrogen-bond acceptors (Lipinski definition) is 3. The van der Waals surface area contributed by atoms with Gasteiger partial charge < -0.3 is 9.38 Å². The van der Waals surface area contributed by atoms with Crippen molar-refractivity contribution in [3.05, 3.63) is 83.3 Å². The van der Waals surface area contributed by atoms with Crippen molar-refractivity contribution in [3.8, 4) is 11.1 Å². The van der Waals surface area contributed by atoms with E-state index in [4.69, 9.17) is 11.6 Å². The van der Waals surface area contributed by atoms with Crippen LogP contribution in [-0.2, 0) is 0 Å². The highest BCUT2D eigenvalue weighted by Gasteiger charge is 2.15. The summed E-state index contributed by atoms with van der Waals surface area (Å²) in [5, 5.41) is 2.92. The fraction of sp³-hybridized carbons (Fsp3) is 0. The molecule has 0 saturated carbocycles. The first kappa shape index (κ1) is 18.3. The number of fused-ring (bicyclic) bond motifs is 2. The topological polar surface area (TPSA) is 75.1 Å². The molecule has 5 aromatic rings. The second-order valence-electron chi connectivity index (χ2n) is 6.64. The van der Waals surface area contributed by atoms with Crippen molar-refractivity contribution in [1.82, 2.24) is 19.4 Å². The number of rotatable bonds is 3. The van der Waals surface area contributed by atoms with Crippen molar-refractivity contribution in [2.75, 3.05) is 5.32 Å². The van der Waals surface area contributed by atoms with E-state index in [0.717, 1.165) is 5.56 Å². The second kappa shape index (κ2) is 6.93. The Bertz CT molecular complexity index is 1420. The molecule has 0 spiro atoms. The molecule has 2 aromatic carbocycles. The van der Waals surface area contributed by atoms with Crippen LogP contribution in [0.25, 0.3) is 27.8 Å². The lowest BCUT2D eigenvalue weighted by atomic mass is 10.1. The second-order valence-corrected chi connectivity index (χ2v) is 7.08. The molecular weight excluding hydrogens is 412 g/mol. The largest absolute Gasteiger partial charge is 0.324 e. The molecule has 0 aliphatic heterocycles. The quantitative estimate of drug-likeness (QED) is 0.426. The lowest BCUT2D eigenvalue weighted by molar-refractivity contribution is 0.102. The molecule has 0 unspecified atom stereocenters. The van der Waals surface area contributed by atoms with E-state index in [9.17, 15) is 13.6 Å². The number of aromatic nitrogens is 4. The lowest BCUT2D eigenvalue weighted by Crippen LogP contribution is -2.13. The highest BCUT2D eigenvalue weighted by molar-refractivity contribution is 6.30. The van der Waals surface area contributed by atoms with Crippen LogP contribution in [-0.4, -0.2) is 25.3 Å². The van der Waals surface area contributed by atoms with Gasteiger partial charge in [0, 0.05) is 17.4 Å². The SMILES string of the molecule is O=C(Nc1nc2ccc(-c3cc(F)cc(Cl)c3)cc2[nH]1)c1cn2cccc(F)c2n1. The molecule has 148 valence electrons. The van der Waals surface area contributed by atoms with Gasteiger partial charge in [0.15, 0.2) is 11.5 Å². The number of carbonyl (C=O) groups is 1. The number of nitrogens with one attached hydrogen (secondary N) is 2. The molecule has 0 aliphatic rings. The van der Waals surface area contributed by atoms with E-state index >= 15 is 0 Å². The van der Waals surface area contributed by atoms with Gasteiger partial charge in [-0.2, -0.15) is 0 Å². The standard InChI is InChI=1S/C21H12ClF2N5O/c22-13-6-12(7-14(23)9-13)11-3-4-16-17(8-11)27-21(26-16)28-20(30)18-10-29-5-1-2-15(24)19(29)25-18/h1-10H,(H2,26,27,28,30). The fourth-order valence-electron chi connectivity index (χ4n) is 3.23. The molecule has 0 radical (unpaired) electrons. The Morgan fingerprint density at radius 2 is 1.93 bits per heavy atom. The Hall–Kier alpha value is -3.78. The third-order valence-electron chi connectivity index (χ3n) is 4.58. The molecule has 6 nitrogen and oxygen atoms in total. The number of aromatic amines is 1. The Morgan fingerprint density at radius 1 is 1.07 bits per heavy atom. The van der Waals surface area contributed by atoms with Crippen molar-refractivity contribution >= 4 is 40.1 Å². The minimum Gasteiger partial charge on any atom is -0.324 e. The van der Waals surface area contributed by atoms with Gasteiger partial charge in [-0.25, -0.2) is 18.7 Å². The van der Waals surface area contributed by atoms with Crippen molar-refractivity contribution in [3.63, 3.8) is 0 Å². The molecule has 0 fully saturated rings. The third-order valence-corrected chi connectivity index (χ3v) is 4.80. The zero-order chi connectivity index (χ0) is 20.8. The van der Waals surface area contributed by atoms with E-state index < -0.39 is 17.5 Å².